The van der Waals surface area contributed by atoms with Crippen molar-refractivity contribution in [2.45, 2.75) is 70.7 Å². The molecule has 5 rings (SSSR count). The smallest absolute Gasteiger partial charge is 0.319 e. The fraction of sp³-hybridized carbons (Fsp3) is 0.432. The van der Waals surface area contributed by atoms with Crippen LogP contribution in [0.3, 0.4) is 0 Å². The Morgan fingerprint density at radius 2 is 1.71 bits per heavy atom. The number of nitrogen functional groups attached to an aromatic ring is 1. The third-order valence-corrected chi connectivity index (χ3v) is 9.25. The lowest BCUT2D eigenvalue weighted by Crippen LogP contribution is -2.50. The zero-order chi connectivity index (χ0) is 34.2. The Morgan fingerprint density at radius 3 is 2.42 bits per heavy atom. The number of carbonyl (C=O) groups is 3. The Kier molecular flexibility index (Phi) is 11.6. The zero-order valence-electron chi connectivity index (χ0n) is 28.1. The number of benzene rings is 3. The summed E-state index contributed by atoms with van der Waals surface area (Å²) < 4.78 is 6.67. The maximum absolute atomic E-state index is 13.8. The van der Waals surface area contributed by atoms with Crippen LogP contribution < -0.4 is 26.4 Å². The number of fused-ring (bicyclic) bond motifs is 1. The topological polar surface area (TPSA) is 149 Å². The number of ether oxygens (including phenoxy) is 1. The van der Waals surface area contributed by atoms with Crippen LogP contribution in [0.15, 0.2) is 66.7 Å². The number of nitrogens with two attached hydrogens (primary N) is 1. The number of nitrogens with one attached hydrogen (secondary N) is 3. The number of hydrogen-bond donors (Lipinski definition) is 5. The molecular weight excluding hydrogens is 608 g/mol. The number of para-hydroxylation sites is 3. The molecule has 4 amide bonds. The molecule has 1 heterocycles. The molecule has 11 nitrogen and oxygen atoms in total. The maximum Gasteiger partial charge on any atom is 0.319 e. The van der Waals surface area contributed by atoms with Crippen molar-refractivity contribution in [1.82, 2.24) is 15.1 Å². The first-order valence-electron chi connectivity index (χ1n) is 16.8. The van der Waals surface area contributed by atoms with E-state index in [4.69, 9.17) is 10.5 Å². The second-order valence-electron chi connectivity index (χ2n) is 13.2. The molecule has 1 fully saturated rings. The normalized spacial score (nSPS) is 19.0. The van der Waals surface area contributed by atoms with E-state index in [1.165, 1.54) is 6.42 Å². The molecule has 0 spiro atoms. The van der Waals surface area contributed by atoms with Crippen LogP contribution in [0, 0.1) is 5.92 Å². The van der Waals surface area contributed by atoms with Gasteiger partial charge in [0.1, 0.15) is 6.10 Å². The molecule has 0 unspecified atom stereocenters. The van der Waals surface area contributed by atoms with E-state index < -0.39 is 6.04 Å². The second-order valence-corrected chi connectivity index (χ2v) is 13.2. The van der Waals surface area contributed by atoms with E-state index in [2.05, 4.69) is 20.9 Å². The van der Waals surface area contributed by atoms with Gasteiger partial charge in [0.15, 0.2) is 5.75 Å². The molecular formula is C37H48N6O5. The number of aliphatic hydroxyl groups is 1. The van der Waals surface area contributed by atoms with E-state index in [1.54, 1.807) is 47.4 Å². The quantitative estimate of drug-likeness (QED) is 0.185. The number of likely N-dealkylation sites (N-methyl/N-ethyl adjacent to an activating group) is 1. The van der Waals surface area contributed by atoms with Crippen molar-refractivity contribution in [2.75, 3.05) is 43.1 Å². The van der Waals surface area contributed by atoms with Gasteiger partial charge in [-0.2, -0.15) is 0 Å². The van der Waals surface area contributed by atoms with Crippen molar-refractivity contribution in [3.63, 3.8) is 0 Å². The van der Waals surface area contributed by atoms with Gasteiger partial charge in [-0.25, -0.2) is 4.79 Å². The summed E-state index contributed by atoms with van der Waals surface area (Å²) in [5.74, 6) is -0.258. The van der Waals surface area contributed by atoms with Gasteiger partial charge >= 0.3 is 6.03 Å². The van der Waals surface area contributed by atoms with E-state index in [0.717, 1.165) is 31.2 Å². The monoisotopic (exact) mass is 656 g/mol. The number of nitrogens with zero attached hydrogens (tertiary/aromatic N) is 2. The maximum atomic E-state index is 13.8. The number of hydrogen-bond acceptors (Lipinski definition) is 7. The lowest BCUT2D eigenvalue weighted by Gasteiger charge is -2.38. The minimum Gasteiger partial charge on any atom is -0.486 e. The first-order valence-corrected chi connectivity index (χ1v) is 16.8. The average Bonchev–Trinajstić information content (AvgIpc) is 3.08. The van der Waals surface area contributed by atoms with Gasteiger partial charge in [-0.3, -0.25) is 14.5 Å². The minimum atomic E-state index is -0.399. The summed E-state index contributed by atoms with van der Waals surface area (Å²) >= 11 is 0. The van der Waals surface area contributed by atoms with Crippen LogP contribution in [-0.4, -0.2) is 77.7 Å². The van der Waals surface area contributed by atoms with Gasteiger partial charge in [0.25, 0.3) is 11.8 Å². The van der Waals surface area contributed by atoms with Gasteiger partial charge in [0, 0.05) is 37.2 Å². The summed E-state index contributed by atoms with van der Waals surface area (Å²) in [6.45, 7) is 5.20. The van der Waals surface area contributed by atoms with Crippen LogP contribution in [0.4, 0.5) is 21.9 Å². The molecule has 1 aliphatic heterocycles. The van der Waals surface area contributed by atoms with Crippen LogP contribution in [-0.2, 0) is 6.54 Å². The highest BCUT2D eigenvalue weighted by Crippen LogP contribution is 2.35. The Balaban J connectivity index is 1.31. The first kappa shape index (κ1) is 34.7. The van der Waals surface area contributed by atoms with Crippen molar-refractivity contribution >= 4 is 34.9 Å². The van der Waals surface area contributed by atoms with E-state index in [-0.39, 0.29) is 42.5 Å². The number of anilines is 3. The van der Waals surface area contributed by atoms with Gasteiger partial charge < -0.3 is 36.4 Å². The fourth-order valence-corrected chi connectivity index (χ4v) is 6.40. The Labute approximate surface area is 282 Å². The molecule has 0 aromatic heterocycles. The van der Waals surface area contributed by atoms with Gasteiger partial charge in [0.05, 0.1) is 35.3 Å². The Morgan fingerprint density at radius 1 is 1.00 bits per heavy atom. The second kappa shape index (κ2) is 16.0. The number of carbonyl (C=O) groups excluding carboxylic acids is 3. The molecule has 0 radical (unpaired) electrons. The van der Waals surface area contributed by atoms with Crippen molar-refractivity contribution in [3.05, 3.63) is 83.4 Å². The molecule has 0 bridgehead atoms. The van der Waals surface area contributed by atoms with E-state index in [0.29, 0.717) is 53.6 Å². The third kappa shape index (κ3) is 8.64. The molecule has 48 heavy (non-hydrogen) atoms. The minimum absolute atomic E-state index is 0.0980. The molecule has 2 aliphatic rings. The van der Waals surface area contributed by atoms with Gasteiger partial charge in [0.2, 0.25) is 0 Å². The highest BCUT2D eigenvalue weighted by Gasteiger charge is 2.34. The molecule has 1 saturated carbocycles. The number of aliphatic hydroxyl groups excluding tert-OH is 1. The summed E-state index contributed by atoms with van der Waals surface area (Å²) in [4.78, 5) is 43.5. The van der Waals surface area contributed by atoms with Crippen molar-refractivity contribution in [3.8, 4) is 5.75 Å². The fourth-order valence-electron chi connectivity index (χ4n) is 6.40. The van der Waals surface area contributed by atoms with Crippen LogP contribution in [0.25, 0.3) is 0 Å². The highest BCUT2D eigenvalue weighted by atomic mass is 16.5. The average molecular weight is 657 g/mol. The molecule has 11 heteroatoms. The SMILES string of the molecule is C[C@@H]1CN([C@@H](C)CO)C(=O)c2cccc(NC(=O)NC3CCCCC3)c2O[C@@H]1CN(C)Cc1ccc(C(=O)Nc2ccccc2N)cc1. The summed E-state index contributed by atoms with van der Waals surface area (Å²) in [5.41, 5.74) is 9.35. The van der Waals surface area contributed by atoms with E-state index >= 15 is 0 Å². The van der Waals surface area contributed by atoms with Crippen molar-refractivity contribution < 1.29 is 24.2 Å². The standard InChI is InChI=1S/C37H48N6O5/c1-24-20-43(25(2)23-44)36(46)29-12-9-15-32(41-37(47)39-28-10-5-4-6-11-28)34(29)48-33(24)22-42(3)21-26-16-18-27(19-17-26)35(45)40-31-14-8-7-13-30(31)38/h7-9,12-19,24-25,28,33,44H,4-6,10-11,20-23,38H2,1-3H3,(H,40,45)(H2,39,41,47)/t24-,25+,33-/m1/s1. The molecule has 0 saturated heterocycles. The largest absolute Gasteiger partial charge is 0.486 e. The van der Waals surface area contributed by atoms with Crippen LogP contribution in [0.5, 0.6) is 5.75 Å². The molecule has 3 atom stereocenters. The summed E-state index contributed by atoms with van der Waals surface area (Å²) in [6.07, 6.45) is 4.94. The number of rotatable bonds is 10. The molecule has 256 valence electrons. The lowest BCUT2D eigenvalue weighted by atomic mass is 9.96. The lowest BCUT2D eigenvalue weighted by molar-refractivity contribution is 0.0343. The molecule has 3 aromatic rings. The van der Waals surface area contributed by atoms with Crippen LogP contribution >= 0.6 is 0 Å². The van der Waals surface area contributed by atoms with Crippen molar-refractivity contribution in [2.24, 2.45) is 5.92 Å². The van der Waals surface area contributed by atoms with Crippen LogP contribution in [0.2, 0.25) is 0 Å². The first-order chi connectivity index (χ1) is 23.1. The Hall–Kier alpha value is -4.61. The zero-order valence-corrected chi connectivity index (χ0v) is 28.1. The Bertz CT molecular complexity index is 1570. The van der Waals surface area contributed by atoms with E-state index in [9.17, 15) is 19.5 Å². The molecule has 6 N–H and O–H groups in total. The summed E-state index contributed by atoms with van der Waals surface area (Å²) in [7, 11) is 2.00. The van der Waals surface area contributed by atoms with Crippen LogP contribution in [0.1, 0.15) is 72.2 Å². The van der Waals surface area contributed by atoms with Gasteiger partial charge in [-0.05, 0) is 68.8 Å². The molecule has 1 aliphatic carbocycles. The number of urea groups is 1. The van der Waals surface area contributed by atoms with Crippen molar-refractivity contribution in [1.29, 1.82) is 0 Å². The highest BCUT2D eigenvalue weighted by molar-refractivity contribution is 6.05. The molecule has 3 aromatic carbocycles. The van der Waals surface area contributed by atoms with Gasteiger partial charge in [-0.1, -0.05) is 56.5 Å². The number of amides is 4. The van der Waals surface area contributed by atoms with Gasteiger partial charge in [-0.15, -0.1) is 0 Å². The summed E-state index contributed by atoms with van der Waals surface area (Å²) in [6, 6.07) is 19.2. The van der Waals surface area contributed by atoms with E-state index in [1.807, 2.05) is 45.2 Å². The third-order valence-electron chi connectivity index (χ3n) is 9.25. The summed E-state index contributed by atoms with van der Waals surface area (Å²) in [5, 5.41) is 18.9. The predicted octanol–water partition coefficient (Wildman–Crippen LogP) is 5.33. The predicted molar refractivity (Wildman–Crippen MR) is 188 cm³/mol.